The van der Waals surface area contributed by atoms with Gasteiger partial charge in [0.2, 0.25) is 0 Å². The van der Waals surface area contributed by atoms with Crippen molar-refractivity contribution < 1.29 is 24.9 Å². The van der Waals surface area contributed by atoms with E-state index in [9.17, 15) is 9.59 Å². The van der Waals surface area contributed by atoms with Gasteiger partial charge in [0, 0.05) is 18.6 Å². The van der Waals surface area contributed by atoms with Crippen molar-refractivity contribution in [3.63, 3.8) is 0 Å². The molecule has 0 aromatic heterocycles. The molecule has 110 valence electrons. The maximum Gasteiger partial charge on any atom is 0.310 e. The van der Waals surface area contributed by atoms with Gasteiger partial charge in [-0.15, -0.1) is 0 Å². The number of rotatable bonds is 4. The highest BCUT2D eigenvalue weighted by Gasteiger charge is 2.04. The minimum absolute atomic E-state index is 0. The zero-order valence-corrected chi connectivity index (χ0v) is 11.4. The molecular formula is C12H29AlO5. The van der Waals surface area contributed by atoms with E-state index in [0.717, 1.165) is 6.42 Å². The number of Topliss-reactive ketones (excluding diaryl/α,β-unsaturated/α-hetero) is 1. The Morgan fingerprint density at radius 3 is 1.44 bits per heavy atom. The van der Waals surface area contributed by atoms with Crippen molar-refractivity contribution in [2.45, 2.75) is 66.1 Å². The van der Waals surface area contributed by atoms with E-state index in [1.54, 1.807) is 27.7 Å². The van der Waals surface area contributed by atoms with Crippen molar-refractivity contribution in [3.05, 3.63) is 0 Å². The number of carbonyl (C=O) groups excluding carboxylic acids is 1. The fourth-order valence-corrected chi connectivity index (χ4v) is 0.536. The van der Waals surface area contributed by atoms with Gasteiger partial charge in [0.1, 0.15) is 12.2 Å². The maximum absolute atomic E-state index is 10.5. The molecule has 0 aliphatic heterocycles. The minimum atomic E-state index is -1.03. The fraction of sp³-hybridized carbons (Fsp3) is 0.833. The van der Waals surface area contributed by atoms with Gasteiger partial charge in [0.25, 0.3) is 0 Å². The minimum Gasteiger partial charge on any atom is -0.481 e. The van der Waals surface area contributed by atoms with Crippen LogP contribution in [0.1, 0.15) is 53.9 Å². The van der Waals surface area contributed by atoms with Gasteiger partial charge in [-0.2, -0.15) is 0 Å². The normalized spacial score (nSPS) is 8.50. The number of ketones is 1. The molecule has 0 spiro atoms. The molecule has 0 radical (unpaired) electrons. The van der Waals surface area contributed by atoms with Crippen LogP contribution in [0, 0.1) is 0 Å². The van der Waals surface area contributed by atoms with Gasteiger partial charge in [-0.05, 0) is 34.1 Å². The summed E-state index contributed by atoms with van der Waals surface area (Å²) < 4.78 is 0. The molecule has 18 heavy (non-hydrogen) atoms. The third-order valence-electron chi connectivity index (χ3n) is 0.877. The smallest absolute Gasteiger partial charge is 0.310 e. The molecule has 6 heteroatoms. The van der Waals surface area contributed by atoms with Gasteiger partial charge in [-0.1, -0.05) is 6.92 Å². The largest absolute Gasteiger partial charge is 0.481 e. The fourth-order valence-electron chi connectivity index (χ4n) is 0.536. The van der Waals surface area contributed by atoms with Crippen LogP contribution in [0.3, 0.4) is 0 Å². The van der Waals surface area contributed by atoms with Crippen LogP contribution in [0.25, 0.3) is 0 Å². The highest BCUT2D eigenvalue weighted by Crippen LogP contribution is 1.92. The Balaban J connectivity index is -0.0000000922. The number of aliphatic hydroxyl groups is 2. The molecule has 0 saturated carbocycles. The van der Waals surface area contributed by atoms with Crippen LogP contribution >= 0.6 is 0 Å². The van der Waals surface area contributed by atoms with Crippen molar-refractivity contribution >= 4 is 29.1 Å². The molecule has 0 aliphatic rings. The van der Waals surface area contributed by atoms with Crippen molar-refractivity contribution in [2.24, 2.45) is 0 Å². The van der Waals surface area contributed by atoms with Crippen LogP contribution in [0.15, 0.2) is 0 Å². The Morgan fingerprint density at radius 1 is 1.00 bits per heavy atom. The van der Waals surface area contributed by atoms with E-state index in [4.69, 9.17) is 15.3 Å². The molecule has 0 amide bonds. The Morgan fingerprint density at radius 2 is 1.28 bits per heavy atom. The summed E-state index contributed by atoms with van der Waals surface area (Å²) in [6.45, 7) is 8.74. The topological polar surface area (TPSA) is 94.8 Å². The van der Waals surface area contributed by atoms with E-state index in [0.29, 0.717) is 6.42 Å². The molecule has 0 heterocycles. The number of hydrogen-bond donors (Lipinski definition) is 3. The Labute approximate surface area is 120 Å². The second-order valence-corrected chi connectivity index (χ2v) is 4.05. The number of carbonyl (C=O) groups is 2. The molecule has 0 bridgehead atoms. The van der Waals surface area contributed by atoms with E-state index >= 15 is 0 Å². The third kappa shape index (κ3) is 76.4. The molecule has 5 nitrogen and oxygen atoms in total. The van der Waals surface area contributed by atoms with Crippen molar-refractivity contribution in [3.8, 4) is 0 Å². The third-order valence-corrected chi connectivity index (χ3v) is 0.877. The average molecular weight is 280 g/mol. The van der Waals surface area contributed by atoms with Crippen LogP contribution in [-0.2, 0) is 9.59 Å². The number of aliphatic hydroxyl groups excluding tert-OH is 2. The van der Waals surface area contributed by atoms with E-state index < -0.39 is 5.97 Å². The molecule has 0 saturated heterocycles. The van der Waals surface area contributed by atoms with Gasteiger partial charge < -0.3 is 15.3 Å². The van der Waals surface area contributed by atoms with Gasteiger partial charge in [-0.25, -0.2) is 0 Å². The van der Waals surface area contributed by atoms with E-state index in [1.807, 2.05) is 6.92 Å². The summed E-state index contributed by atoms with van der Waals surface area (Å²) in [5, 5.41) is 24.2. The predicted molar refractivity (Wildman–Crippen MR) is 76.8 cm³/mol. The first-order valence-corrected chi connectivity index (χ1v) is 5.73. The number of aliphatic carboxylic acids is 1. The predicted octanol–water partition coefficient (Wildman–Crippen LogP) is 0.421. The van der Waals surface area contributed by atoms with Crippen molar-refractivity contribution in [2.75, 3.05) is 0 Å². The molecule has 0 aromatic carbocycles. The van der Waals surface area contributed by atoms with Crippen LogP contribution in [-0.4, -0.2) is 56.6 Å². The lowest BCUT2D eigenvalue weighted by Gasteiger charge is -1.90. The zero-order valence-electron chi connectivity index (χ0n) is 11.4. The molecule has 0 unspecified atom stereocenters. The second-order valence-electron chi connectivity index (χ2n) is 4.05. The summed E-state index contributed by atoms with van der Waals surface area (Å²) in [6, 6.07) is 0. The quantitative estimate of drug-likeness (QED) is 0.512. The van der Waals surface area contributed by atoms with Crippen molar-refractivity contribution in [1.29, 1.82) is 0 Å². The monoisotopic (exact) mass is 280 g/mol. The lowest BCUT2D eigenvalue weighted by atomic mass is 10.2. The SMILES string of the molecule is CC(C)O.CC(C)O.CCCC(=O)CC(=O)O.[AlH3]. The molecular weight excluding hydrogens is 251 g/mol. The first kappa shape index (κ1) is 26.2. The molecule has 0 fully saturated rings. The molecule has 0 rings (SSSR count). The van der Waals surface area contributed by atoms with Gasteiger partial charge in [0.15, 0.2) is 17.4 Å². The van der Waals surface area contributed by atoms with E-state index in [2.05, 4.69) is 0 Å². The average Bonchev–Trinajstić information content (AvgIpc) is 1.99. The first-order chi connectivity index (χ1) is 7.63. The summed E-state index contributed by atoms with van der Waals surface area (Å²) in [7, 11) is 0. The highest BCUT2D eigenvalue weighted by atomic mass is 27.0. The number of carboxylic acids is 1. The maximum atomic E-state index is 10.5. The Kier molecular flexibility index (Phi) is 27.6. The molecule has 3 N–H and O–H groups in total. The van der Waals surface area contributed by atoms with Gasteiger partial charge in [-0.3, -0.25) is 9.59 Å². The highest BCUT2D eigenvalue weighted by molar-refractivity contribution is 5.94. The Bertz CT molecular complexity index is 181. The lowest BCUT2D eigenvalue weighted by molar-refractivity contribution is -0.140. The molecule has 0 aromatic rings. The summed E-state index contributed by atoms with van der Waals surface area (Å²) in [4.78, 5) is 20.3. The first-order valence-electron chi connectivity index (χ1n) is 5.73. The van der Waals surface area contributed by atoms with Gasteiger partial charge >= 0.3 is 5.97 Å². The molecule has 0 aliphatic carbocycles. The van der Waals surface area contributed by atoms with E-state index in [1.165, 1.54) is 0 Å². The summed E-state index contributed by atoms with van der Waals surface area (Å²) >= 11 is 0. The van der Waals surface area contributed by atoms with E-state index in [-0.39, 0.29) is 41.8 Å². The van der Waals surface area contributed by atoms with Crippen molar-refractivity contribution in [1.82, 2.24) is 0 Å². The Hall–Kier alpha value is -0.408. The number of hydrogen-bond acceptors (Lipinski definition) is 4. The lowest BCUT2D eigenvalue weighted by Crippen LogP contribution is -2.05. The van der Waals surface area contributed by atoms with Crippen LogP contribution in [0.2, 0.25) is 0 Å². The zero-order chi connectivity index (χ0) is 14.4. The second kappa shape index (κ2) is 18.9. The standard InChI is InChI=1S/C6H10O3.2C3H8O.Al.3H/c1-2-3-5(7)4-6(8)9;2*1-3(2)4;;;;/h2-4H2,1H3,(H,8,9);2*3-4H,1-2H3;;;;. The summed E-state index contributed by atoms with van der Waals surface area (Å²) in [6.07, 6.45) is 0.451. The van der Waals surface area contributed by atoms with Gasteiger partial charge in [0.05, 0.1) is 0 Å². The molecule has 0 atom stereocenters. The van der Waals surface area contributed by atoms with Crippen LogP contribution in [0.4, 0.5) is 0 Å². The summed E-state index contributed by atoms with van der Waals surface area (Å²) in [5.74, 6) is -1.22. The van der Waals surface area contributed by atoms with Crippen LogP contribution in [0.5, 0.6) is 0 Å². The van der Waals surface area contributed by atoms with Crippen LogP contribution < -0.4 is 0 Å². The summed E-state index contributed by atoms with van der Waals surface area (Å²) in [5.41, 5.74) is 0. The number of carboxylic acid groups (broad SMARTS) is 1.